The highest BCUT2D eigenvalue weighted by Gasteiger charge is 2.37. The predicted molar refractivity (Wildman–Crippen MR) is 45.2 cm³/mol. The molecule has 1 aliphatic carbocycles. The molecule has 4 heteroatoms. The van der Waals surface area contributed by atoms with E-state index in [1.165, 1.54) is 6.08 Å². The highest BCUT2D eigenvalue weighted by molar-refractivity contribution is 5.82. The minimum absolute atomic E-state index is 0.108. The zero-order valence-corrected chi connectivity index (χ0v) is 7.30. The third-order valence-electron chi connectivity index (χ3n) is 2.42. The Balaban J connectivity index is 2.91. The zero-order chi connectivity index (χ0) is 10.0. The van der Waals surface area contributed by atoms with Crippen LogP contribution in [-0.4, -0.2) is 22.2 Å². The molecule has 0 radical (unpaired) electrons. The van der Waals surface area contributed by atoms with Crippen molar-refractivity contribution in [3.63, 3.8) is 0 Å². The molecule has 3 atom stereocenters. The van der Waals surface area contributed by atoms with Gasteiger partial charge in [0.2, 0.25) is 0 Å². The fourth-order valence-electron chi connectivity index (χ4n) is 1.69. The molecule has 0 bridgehead atoms. The largest absolute Gasteiger partial charge is 0.481 e. The molecule has 1 aliphatic rings. The molecule has 0 amide bonds. The van der Waals surface area contributed by atoms with E-state index >= 15 is 0 Å². The fourth-order valence-corrected chi connectivity index (χ4v) is 1.69. The number of carboxylic acid groups (broad SMARTS) is 2. The Morgan fingerprint density at radius 2 is 1.92 bits per heavy atom. The van der Waals surface area contributed by atoms with Gasteiger partial charge in [0, 0.05) is 0 Å². The van der Waals surface area contributed by atoms with Gasteiger partial charge in [0.05, 0.1) is 11.8 Å². The van der Waals surface area contributed by atoms with Crippen LogP contribution in [0.15, 0.2) is 12.2 Å². The van der Waals surface area contributed by atoms with E-state index in [1.807, 2.05) is 0 Å². The summed E-state index contributed by atoms with van der Waals surface area (Å²) in [5, 5.41) is 17.6. The molecular formula is C9H12O4. The second-order valence-electron chi connectivity index (χ2n) is 3.37. The van der Waals surface area contributed by atoms with Gasteiger partial charge in [-0.25, -0.2) is 0 Å². The van der Waals surface area contributed by atoms with Gasteiger partial charge in [-0.3, -0.25) is 9.59 Å². The third-order valence-corrected chi connectivity index (χ3v) is 2.42. The first kappa shape index (κ1) is 9.77. The van der Waals surface area contributed by atoms with Gasteiger partial charge in [-0.05, 0) is 12.3 Å². The maximum absolute atomic E-state index is 10.8. The molecule has 1 rings (SSSR count). The highest BCUT2D eigenvalue weighted by atomic mass is 16.4. The SMILES string of the molecule is CC1CC=CC(C(=O)O)C1C(=O)O. The van der Waals surface area contributed by atoms with Crippen molar-refractivity contribution in [2.24, 2.45) is 17.8 Å². The molecule has 3 unspecified atom stereocenters. The molecule has 0 spiro atoms. The van der Waals surface area contributed by atoms with Gasteiger partial charge in [-0.2, -0.15) is 0 Å². The molecule has 4 nitrogen and oxygen atoms in total. The van der Waals surface area contributed by atoms with Crippen LogP contribution in [0.5, 0.6) is 0 Å². The van der Waals surface area contributed by atoms with E-state index in [1.54, 1.807) is 13.0 Å². The minimum atomic E-state index is -1.06. The molecule has 0 aliphatic heterocycles. The zero-order valence-electron chi connectivity index (χ0n) is 7.30. The van der Waals surface area contributed by atoms with Gasteiger partial charge in [-0.15, -0.1) is 0 Å². The van der Waals surface area contributed by atoms with Crippen molar-refractivity contribution in [2.75, 3.05) is 0 Å². The van der Waals surface area contributed by atoms with Gasteiger partial charge in [0.25, 0.3) is 0 Å². The van der Waals surface area contributed by atoms with Gasteiger partial charge in [-0.1, -0.05) is 19.1 Å². The van der Waals surface area contributed by atoms with Crippen LogP contribution in [0.4, 0.5) is 0 Å². The van der Waals surface area contributed by atoms with Gasteiger partial charge in [0.15, 0.2) is 0 Å². The third kappa shape index (κ3) is 1.88. The van der Waals surface area contributed by atoms with E-state index in [0.717, 1.165) is 0 Å². The van der Waals surface area contributed by atoms with Crippen LogP contribution in [0.2, 0.25) is 0 Å². The van der Waals surface area contributed by atoms with Crippen LogP contribution in [0.1, 0.15) is 13.3 Å². The van der Waals surface area contributed by atoms with Crippen molar-refractivity contribution >= 4 is 11.9 Å². The molecule has 2 N–H and O–H groups in total. The molecule has 0 saturated carbocycles. The Morgan fingerprint density at radius 3 is 2.31 bits per heavy atom. The summed E-state index contributed by atoms with van der Waals surface area (Å²) < 4.78 is 0. The monoisotopic (exact) mass is 184 g/mol. The maximum Gasteiger partial charge on any atom is 0.311 e. The Kier molecular flexibility index (Phi) is 2.70. The maximum atomic E-state index is 10.8. The van der Waals surface area contributed by atoms with Crippen LogP contribution >= 0.6 is 0 Å². The molecule has 13 heavy (non-hydrogen) atoms. The molecule has 0 saturated heterocycles. The van der Waals surface area contributed by atoms with E-state index in [4.69, 9.17) is 10.2 Å². The van der Waals surface area contributed by atoms with Gasteiger partial charge < -0.3 is 10.2 Å². The Morgan fingerprint density at radius 1 is 1.31 bits per heavy atom. The van der Waals surface area contributed by atoms with E-state index in [-0.39, 0.29) is 5.92 Å². The summed E-state index contributed by atoms with van der Waals surface area (Å²) in [4.78, 5) is 21.5. The number of rotatable bonds is 2. The van der Waals surface area contributed by atoms with Crippen molar-refractivity contribution < 1.29 is 19.8 Å². The Bertz CT molecular complexity index is 256. The number of carbonyl (C=O) groups is 2. The molecule has 0 fully saturated rings. The van der Waals surface area contributed by atoms with E-state index in [2.05, 4.69) is 0 Å². The number of hydrogen-bond donors (Lipinski definition) is 2. The number of hydrogen-bond acceptors (Lipinski definition) is 2. The molecule has 0 heterocycles. The van der Waals surface area contributed by atoms with Gasteiger partial charge in [0.1, 0.15) is 0 Å². The summed E-state index contributed by atoms with van der Waals surface area (Å²) in [6, 6.07) is 0. The first-order valence-corrected chi connectivity index (χ1v) is 4.16. The second kappa shape index (κ2) is 3.60. The van der Waals surface area contributed by atoms with Crippen LogP contribution in [0, 0.1) is 17.8 Å². The lowest BCUT2D eigenvalue weighted by molar-refractivity contribution is -0.154. The summed E-state index contributed by atoms with van der Waals surface area (Å²) in [5.41, 5.74) is 0. The van der Waals surface area contributed by atoms with Crippen LogP contribution in [0.3, 0.4) is 0 Å². The Hall–Kier alpha value is -1.32. The van der Waals surface area contributed by atoms with Crippen LogP contribution in [-0.2, 0) is 9.59 Å². The molecular weight excluding hydrogens is 172 g/mol. The smallest absolute Gasteiger partial charge is 0.311 e. The van der Waals surface area contributed by atoms with Gasteiger partial charge >= 0.3 is 11.9 Å². The van der Waals surface area contributed by atoms with E-state index in [0.29, 0.717) is 6.42 Å². The summed E-state index contributed by atoms with van der Waals surface area (Å²) in [7, 11) is 0. The highest BCUT2D eigenvalue weighted by Crippen LogP contribution is 2.30. The predicted octanol–water partition coefficient (Wildman–Crippen LogP) is 0.984. The molecule has 0 aromatic rings. The van der Waals surface area contributed by atoms with Crippen LogP contribution in [0.25, 0.3) is 0 Å². The summed E-state index contributed by atoms with van der Waals surface area (Å²) in [5.74, 6) is -3.85. The van der Waals surface area contributed by atoms with Crippen molar-refractivity contribution in [1.82, 2.24) is 0 Å². The first-order valence-electron chi connectivity index (χ1n) is 4.16. The first-order chi connectivity index (χ1) is 6.04. The van der Waals surface area contributed by atoms with Crippen molar-refractivity contribution in [2.45, 2.75) is 13.3 Å². The molecule has 0 aromatic carbocycles. The fraction of sp³-hybridized carbons (Fsp3) is 0.556. The quantitative estimate of drug-likeness (QED) is 0.627. The number of carboxylic acids is 2. The average Bonchev–Trinajstić information content (AvgIpc) is 2.02. The lowest BCUT2D eigenvalue weighted by atomic mass is 9.77. The minimum Gasteiger partial charge on any atom is -0.481 e. The lowest BCUT2D eigenvalue weighted by Crippen LogP contribution is -2.35. The van der Waals surface area contributed by atoms with E-state index in [9.17, 15) is 9.59 Å². The van der Waals surface area contributed by atoms with Crippen molar-refractivity contribution in [3.8, 4) is 0 Å². The van der Waals surface area contributed by atoms with E-state index < -0.39 is 23.8 Å². The Labute approximate surface area is 75.9 Å². The van der Waals surface area contributed by atoms with Crippen molar-refractivity contribution in [3.05, 3.63) is 12.2 Å². The normalized spacial score (nSPS) is 32.8. The number of allylic oxidation sites excluding steroid dienone is 1. The molecule has 0 aromatic heterocycles. The van der Waals surface area contributed by atoms with Crippen LogP contribution < -0.4 is 0 Å². The lowest BCUT2D eigenvalue weighted by Gasteiger charge is -2.26. The summed E-state index contributed by atoms with van der Waals surface area (Å²) >= 11 is 0. The summed E-state index contributed by atoms with van der Waals surface area (Å²) in [6.07, 6.45) is 3.85. The average molecular weight is 184 g/mol. The summed E-state index contributed by atoms with van der Waals surface area (Å²) in [6.45, 7) is 1.76. The molecule has 72 valence electrons. The second-order valence-corrected chi connectivity index (χ2v) is 3.37. The van der Waals surface area contributed by atoms with Crippen molar-refractivity contribution in [1.29, 1.82) is 0 Å². The standard InChI is InChI=1S/C9H12O4/c1-5-3-2-4-6(8(10)11)7(5)9(12)13/h2,4-7H,3H2,1H3,(H,10,11)(H,12,13). The number of aliphatic carboxylic acids is 2. The topological polar surface area (TPSA) is 74.6 Å².